The minimum Gasteiger partial charge on any atom is -0.325 e. The average Bonchev–Trinajstić information content (AvgIpc) is 3.11. The highest BCUT2D eigenvalue weighted by Gasteiger charge is 2.45. The zero-order valence-electron chi connectivity index (χ0n) is 12.3. The minimum atomic E-state index is 0.203. The van der Waals surface area contributed by atoms with Gasteiger partial charge in [-0.25, -0.2) is 0 Å². The number of hydrogen-bond donors (Lipinski definition) is 1. The van der Waals surface area contributed by atoms with Gasteiger partial charge in [-0.15, -0.1) is 0 Å². The molecule has 1 nitrogen and oxygen atoms in total. The monoisotopic (exact) mass is 249 g/mol. The second-order valence-electron chi connectivity index (χ2n) is 8.04. The Labute approximate surface area is 113 Å². The molecule has 3 saturated carbocycles. The summed E-state index contributed by atoms with van der Waals surface area (Å²) < 4.78 is 0. The Morgan fingerprint density at radius 2 is 1.56 bits per heavy atom. The molecule has 3 fully saturated rings. The van der Waals surface area contributed by atoms with Crippen LogP contribution in [0.4, 0.5) is 0 Å². The van der Waals surface area contributed by atoms with Crippen molar-refractivity contribution in [2.24, 2.45) is 35.3 Å². The van der Waals surface area contributed by atoms with Gasteiger partial charge in [0.05, 0.1) is 0 Å². The van der Waals surface area contributed by atoms with E-state index in [1.54, 1.807) is 0 Å². The largest absolute Gasteiger partial charge is 0.325 e. The van der Waals surface area contributed by atoms with Crippen LogP contribution >= 0.6 is 0 Å². The van der Waals surface area contributed by atoms with Crippen molar-refractivity contribution < 1.29 is 0 Å². The molecule has 0 aromatic heterocycles. The van der Waals surface area contributed by atoms with Crippen molar-refractivity contribution in [2.75, 3.05) is 0 Å². The van der Waals surface area contributed by atoms with E-state index >= 15 is 0 Å². The van der Waals surface area contributed by atoms with E-state index < -0.39 is 0 Å². The summed E-state index contributed by atoms with van der Waals surface area (Å²) in [4.78, 5) is 0. The van der Waals surface area contributed by atoms with E-state index in [0.717, 1.165) is 29.6 Å². The topological polar surface area (TPSA) is 26.0 Å². The molecule has 0 heterocycles. The molecule has 0 aromatic rings. The fraction of sp³-hybridized carbons (Fsp3) is 1.00. The van der Waals surface area contributed by atoms with Gasteiger partial charge < -0.3 is 5.73 Å². The van der Waals surface area contributed by atoms with E-state index in [9.17, 15) is 0 Å². The van der Waals surface area contributed by atoms with Crippen molar-refractivity contribution in [2.45, 2.75) is 77.2 Å². The third-order valence-corrected chi connectivity index (χ3v) is 6.14. The Bertz CT molecular complexity index is 286. The Morgan fingerprint density at radius 3 is 2.17 bits per heavy atom. The van der Waals surface area contributed by atoms with E-state index in [0.29, 0.717) is 0 Å². The highest BCUT2D eigenvalue weighted by Crippen LogP contribution is 2.50. The predicted molar refractivity (Wildman–Crippen MR) is 77.3 cm³/mol. The molecular formula is C17H31N. The quantitative estimate of drug-likeness (QED) is 0.773. The number of nitrogens with two attached hydrogens (primary N) is 1. The molecule has 4 atom stereocenters. The maximum atomic E-state index is 6.91. The fourth-order valence-corrected chi connectivity index (χ4v) is 5.14. The van der Waals surface area contributed by atoms with Crippen LogP contribution in [0.1, 0.15) is 71.6 Å². The standard InChI is InChI=1S/C17H31N/c1-12-8-13(2)10-16(9-12)17(18)7-3-4-15(11-17)14-5-6-14/h12-16H,3-11,18H2,1-2H3. The molecular weight excluding hydrogens is 218 g/mol. The summed E-state index contributed by atoms with van der Waals surface area (Å²) >= 11 is 0. The van der Waals surface area contributed by atoms with Crippen molar-refractivity contribution in [1.29, 1.82) is 0 Å². The summed E-state index contributed by atoms with van der Waals surface area (Å²) in [5.74, 6) is 4.67. The van der Waals surface area contributed by atoms with E-state index in [-0.39, 0.29) is 5.54 Å². The summed E-state index contributed by atoms with van der Waals surface area (Å²) in [6.07, 6.45) is 12.8. The third-order valence-electron chi connectivity index (χ3n) is 6.14. The molecule has 2 N–H and O–H groups in total. The number of rotatable bonds is 2. The zero-order chi connectivity index (χ0) is 12.8. The lowest BCUT2D eigenvalue weighted by Crippen LogP contribution is -2.52. The van der Waals surface area contributed by atoms with E-state index in [4.69, 9.17) is 5.73 Å². The summed E-state index contributed by atoms with van der Waals surface area (Å²) in [7, 11) is 0. The van der Waals surface area contributed by atoms with Gasteiger partial charge in [0.2, 0.25) is 0 Å². The van der Waals surface area contributed by atoms with Crippen molar-refractivity contribution in [3.8, 4) is 0 Å². The molecule has 104 valence electrons. The van der Waals surface area contributed by atoms with Crippen LogP contribution in [0, 0.1) is 29.6 Å². The second-order valence-corrected chi connectivity index (χ2v) is 8.04. The van der Waals surface area contributed by atoms with Gasteiger partial charge in [-0.05, 0) is 74.5 Å². The fourth-order valence-electron chi connectivity index (χ4n) is 5.14. The van der Waals surface area contributed by atoms with Gasteiger partial charge in [-0.1, -0.05) is 26.7 Å². The molecule has 3 aliphatic rings. The molecule has 18 heavy (non-hydrogen) atoms. The van der Waals surface area contributed by atoms with Gasteiger partial charge >= 0.3 is 0 Å². The second kappa shape index (κ2) is 4.81. The summed E-state index contributed by atoms with van der Waals surface area (Å²) in [6, 6.07) is 0. The molecule has 0 aliphatic heterocycles. The maximum absolute atomic E-state index is 6.91. The molecule has 0 amide bonds. The molecule has 0 bridgehead atoms. The van der Waals surface area contributed by atoms with E-state index in [1.165, 1.54) is 57.8 Å². The lowest BCUT2D eigenvalue weighted by atomic mass is 9.61. The molecule has 3 aliphatic carbocycles. The lowest BCUT2D eigenvalue weighted by molar-refractivity contribution is 0.0789. The smallest absolute Gasteiger partial charge is 0.0185 e. The van der Waals surface area contributed by atoms with Gasteiger partial charge in [0, 0.05) is 5.54 Å². The van der Waals surface area contributed by atoms with Crippen LogP contribution in [-0.2, 0) is 0 Å². The SMILES string of the molecule is CC1CC(C)CC(C2(N)CCCC(C3CC3)C2)C1. The van der Waals surface area contributed by atoms with Crippen molar-refractivity contribution in [3.63, 3.8) is 0 Å². The molecule has 4 unspecified atom stereocenters. The van der Waals surface area contributed by atoms with E-state index in [2.05, 4.69) is 13.8 Å². The molecule has 3 rings (SSSR count). The molecule has 1 heteroatoms. The van der Waals surface area contributed by atoms with Crippen LogP contribution < -0.4 is 5.73 Å². The highest BCUT2D eigenvalue weighted by atomic mass is 14.8. The Hall–Kier alpha value is -0.0400. The molecule has 0 spiro atoms. The predicted octanol–water partition coefficient (Wildman–Crippen LogP) is 4.36. The van der Waals surface area contributed by atoms with Gasteiger partial charge in [0.1, 0.15) is 0 Å². The Balaban J connectivity index is 1.68. The zero-order valence-corrected chi connectivity index (χ0v) is 12.3. The third kappa shape index (κ3) is 2.61. The maximum Gasteiger partial charge on any atom is 0.0185 e. The van der Waals surface area contributed by atoms with Crippen molar-refractivity contribution >= 4 is 0 Å². The van der Waals surface area contributed by atoms with Crippen molar-refractivity contribution in [3.05, 3.63) is 0 Å². The van der Waals surface area contributed by atoms with E-state index in [1.807, 2.05) is 0 Å². The van der Waals surface area contributed by atoms with Crippen molar-refractivity contribution in [1.82, 2.24) is 0 Å². The van der Waals surface area contributed by atoms with Gasteiger partial charge in [-0.3, -0.25) is 0 Å². The normalized spacial score (nSPS) is 50.2. The Morgan fingerprint density at radius 1 is 0.889 bits per heavy atom. The minimum absolute atomic E-state index is 0.203. The lowest BCUT2D eigenvalue weighted by Gasteiger charge is -2.47. The summed E-state index contributed by atoms with van der Waals surface area (Å²) in [6.45, 7) is 4.88. The van der Waals surface area contributed by atoms with Gasteiger partial charge in [0.25, 0.3) is 0 Å². The molecule has 0 aromatic carbocycles. The van der Waals surface area contributed by atoms with Crippen LogP contribution in [0.15, 0.2) is 0 Å². The average molecular weight is 249 g/mol. The van der Waals surface area contributed by atoms with Crippen LogP contribution in [0.2, 0.25) is 0 Å². The highest BCUT2D eigenvalue weighted by molar-refractivity contribution is 5.00. The van der Waals surface area contributed by atoms with Gasteiger partial charge in [-0.2, -0.15) is 0 Å². The van der Waals surface area contributed by atoms with Crippen LogP contribution in [0.3, 0.4) is 0 Å². The van der Waals surface area contributed by atoms with Crippen LogP contribution in [0.25, 0.3) is 0 Å². The van der Waals surface area contributed by atoms with Crippen LogP contribution in [0.5, 0.6) is 0 Å². The summed E-state index contributed by atoms with van der Waals surface area (Å²) in [5.41, 5.74) is 7.12. The number of hydrogen-bond acceptors (Lipinski definition) is 1. The first-order valence-corrected chi connectivity index (χ1v) is 8.35. The molecule has 0 radical (unpaired) electrons. The molecule has 0 saturated heterocycles. The van der Waals surface area contributed by atoms with Crippen LogP contribution in [-0.4, -0.2) is 5.54 Å². The summed E-state index contributed by atoms with van der Waals surface area (Å²) in [5, 5.41) is 0. The van der Waals surface area contributed by atoms with Gasteiger partial charge in [0.15, 0.2) is 0 Å². The first-order chi connectivity index (χ1) is 8.57. The Kier molecular flexibility index (Phi) is 3.47. The first kappa shape index (κ1) is 13.0. The first-order valence-electron chi connectivity index (χ1n) is 8.35.